The van der Waals surface area contributed by atoms with Gasteiger partial charge in [-0.1, -0.05) is 60.7 Å². The van der Waals surface area contributed by atoms with E-state index in [1.807, 2.05) is 0 Å². The van der Waals surface area contributed by atoms with Crippen LogP contribution in [0.5, 0.6) is 0 Å². The predicted octanol–water partition coefficient (Wildman–Crippen LogP) is 4.46. The van der Waals surface area contributed by atoms with E-state index in [-0.39, 0.29) is 5.41 Å². The summed E-state index contributed by atoms with van der Waals surface area (Å²) in [5, 5.41) is 3.53. The van der Waals surface area contributed by atoms with Crippen LogP contribution in [0.3, 0.4) is 0 Å². The third-order valence-electron chi connectivity index (χ3n) is 6.96. The van der Waals surface area contributed by atoms with Crippen LogP contribution < -0.4 is 5.32 Å². The van der Waals surface area contributed by atoms with Gasteiger partial charge in [-0.05, 0) is 63.2 Å². The second-order valence-corrected chi connectivity index (χ2v) is 8.44. The molecule has 2 aliphatic rings. The van der Waals surface area contributed by atoms with Crippen LogP contribution >= 0.6 is 0 Å². The molecule has 26 heavy (non-hydrogen) atoms. The second-order valence-electron chi connectivity index (χ2n) is 8.44. The molecule has 2 aliphatic heterocycles. The molecule has 2 bridgehead atoms. The first-order valence-electron chi connectivity index (χ1n) is 10.2. The Hall–Kier alpha value is -1.64. The van der Waals surface area contributed by atoms with Gasteiger partial charge in [0.1, 0.15) is 0 Å². The summed E-state index contributed by atoms with van der Waals surface area (Å²) in [4.78, 5) is 2.65. The highest BCUT2D eigenvalue weighted by Gasteiger charge is 2.43. The molecule has 138 valence electrons. The Morgan fingerprint density at radius 2 is 1.38 bits per heavy atom. The van der Waals surface area contributed by atoms with Crippen molar-refractivity contribution in [3.05, 3.63) is 71.8 Å². The minimum Gasteiger partial charge on any atom is -0.319 e. The van der Waals surface area contributed by atoms with Crippen LogP contribution in [0.15, 0.2) is 60.7 Å². The quantitative estimate of drug-likeness (QED) is 0.829. The number of benzene rings is 2. The lowest BCUT2D eigenvalue weighted by molar-refractivity contribution is 0.118. The number of nitrogens with one attached hydrogen (secondary N) is 1. The fourth-order valence-corrected chi connectivity index (χ4v) is 5.68. The zero-order valence-electron chi connectivity index (χ0n) is 16.2. The van der Waals surface area contributed by atoms with Crippen LogP contribution in [0, 0.1) is 5.92 Å². The maximum atomic E-state index is 3.53. The van der Waals surface area contributed by atoms with Crippen LogP contribution in [-0.2, 0) is 5.41 Å². The van der Waals surface area contributed by atoms with Crippen molar-refractivity contribution in [3.8, 4) is 0 Å². The van der Waals surface area contributed by atoms with E-state index in [0.717, 1.165) is 24.5 Å². The van der Waals surface area contributed by atoms with Gasteiger partial charge >= 0.3 is 0 Å². The summed E-state index contributed by atoms with van der Waals surface area (Å²) in [6.07, 6.45) is 6.75. The molecule has 2 nitrogen and oxygen atoms in total. The van der Waals surface area contributed by atoms with Gasteiger partial charge in [-0.15, -0.1) is 0 Å². The topological polar surface area (TPSA) is 15.3 Å². The molecule has 2 atom stereocenters. The number of nitrogens with zero attached hydrogens (tertiary/aromatic N) is 1. The normalized spacial score (nSPS) is 26.2. The molecule has 4 rings (SSSR count). The zero-order valence-corrected chi connectivity index (χ0v) is 16.2. The van der Waals surface area contributed by atoms with Crippen LogP contribution in [0.4, 0.5) is 0 Å². The van der Waals surface area contributed by atoms with Crippen molar-refractivity contribution in [2.45, 2.75) is 49.6 Å². The van der Waals surface area contributed by atoms with Crippen molar-refractivity contribution in [2.75, 3.05) is 20.6 Å². The van der Waals surface area contributed by atoms with E-state index in [9.17, 15) is 0 Å². The highest BCUT2D eigenvalue weighted by molar-refractivity contribution is 5.40. The summed E-state index contributed by atoms with van der Waals surface area (Å²) in [5.41, 5.74) is 2.95. The molecule has 0 aliphatic carbocycles. The average Bonchev–Trinajstić information content (AvgIpc) is 2.90. The first kappa shape index (κ1) is 17.8. The fourth-order valence-electron chi connectivity index (χ4n) is 5.68. The Balaban J connectivity index is 1.71. The van der Waals surface area contributed by atoms with Gasteiger partial charge in [0.2, 0.25) is 0 Å². The van der Waals surface area contributed by atoms with E-state index in [2.05, 4.69) is 85.0 Å². The lowest BCUT2D eigenvalue weighted by atomic mass is 9.67. The number of rotatable bonds is 6. The zero-order chi connectivity index (χ0) is 18.0. The second kappa shape index (κ2) is 7.54. The monoisotopic (exact) mass is 348 g/mol. The van der Waals surface area contributed by atoms with Gasteiger partial charge < -0.3 is 10.2 Å². The van der Waals surface area contributed by atoms with E-state index < -0.39 is 0 Å². The molecule has 1 N–H and O–H groups in total. The minimum atomic E-state index is 0.0529. The smallest absolute Gasteiger partial charge is 0.0329 e. The number of likely N-dealkylation sites (N-methyl/N-ethyl adjacent to an activating group) is 1. The van der Waals surface area contributed by atoms with Gasteiger partial charge in [0.05, 0.1) is 0 Å². The fraction of sp³-hybridized carbons (Fsp3) is 0.500. The van der Waals surface area contributed by atoms with E-state index in [1.54, 1.807) is 0 Å². The third kappa shape index (κ3) is 3.21. The highest BCUT2D eigenvalue weighted by Crippen LogP contribution is 2.45. The van der Waals surface area contributed by atoms with Crippen LogP contribution in [-0.4, -0.2) is 37.6 Å². The molecule has 2 aromatic carbocycles. The van der Waals surface area contributed by atoms with Crippen molar-refractivity contribution in [2.24, 2.45) is 5.92 Å². The van der Waals surface area contributed by atoms with Gasteiger partial charge in [-0.2, -0.15) is 0 Å². The number of hydrogen-bond donors (Lipinski definition) is 1. The summed E-state index contributed by atoms with van der Waals surface area (Å²) in [7, 11) is 4.44. The first-order chi connectivity index (χ1) is 12.7. The maximum Gasteiger partial charge on any atom is 0.0329 e. The molecular formula is C24H32N2. The largest absolute Gasteiger partial charge is 0.319 e. The van der Waals surface area contributed by atoms with E-state index in [1.165, 1.54) is 43.2 Å². The Morgan fingerprint density at radius 3 is 1.85 bits per heavy atom. The molecule has 2 heterocycles. The lowest BCUT2D eigenvalue weighted by Crippen LogP contribution is -2.45. The number of piperidine rings is 1. The SMILES string of the molecule is CNCC(CC1CC2CCC(C1)N2C)(c1ccccc1)c1ccccc1. The minimum absolute atomic E-state index is 0.0529. The van der Waals surface area contributed by atoms with Crippen LogP contribution in [0.25, 0.3) is 0 Å². The lowest BCUT2D eigenvalue weighted by Gasteiger charge is -2.43. The summed E-state index contributed by atoms with van der Waals surface area (Å²) in [5.74, 6) is 0.803. The average molecular weight is 349 g/mol. The molecule has 2 fully saturated rings. The van der Waals surface area contributed by atoms with E-state index in [0.29, 0.717) is 0 Å². The Kier molecular flexibility index (Phi) is 5.15. The van der Waals surface area contributed by atoms with Gasteiger partial charge in [-0.25, -0.2) is 0 Å². The molecular weight excluding hydrogens is 316 g/mol. The van der Waals surface area contributed by atoms with E-state index >= 15 is 0 Å². The molecule has 0 saturated carbocycles. The van der Waals surface area contributed by atoms with Crippen LogP contribution in [0.2, 0.25) is 0 Å². The van der Waals surface area contributed by atoms with Gasteiger partial charge in [0.25, 0.3) is 0 Å². The van der Waals surface area contributed by atoms with Crippen molar-refractivity contribution >= 4 is 0 Å². The van der Waals surface area contributed by atoms with Crippen LogP contribution in [0.1, 0.15) is 43.2 Å². The molecule has 0 aromatic heterocycles. The molecule has 2 heteroatoms. The molecule has 0 spiro atoms. The number of hydrogen-bond acceptors (Lipinski definition) is 2. The summed E-state index contributed by atoms with van der Waals surface area (Å²) >= 11 is 0. The number of fused-ring (bicyclic) bond motifs is 2. The van der Waals surface area contributed by atoms with Crippen molar-refractivity contribution in [1.29, 1.82) is 0 Å². The summed E-state index contributed by atoms with van der Waals surface area (Å²) in [6, 6.07) is 24.0. The molecule has 0 amide bonds. The summed E-state index contributed by atoms with van der Waals surface area (Å²) in [6.45, 7) is 0.989. The predicted molar refractivity (Wildman–Crippen MR) is 110 cm³/mol. The standard InChI is InChI=1S/C24H32N2/c1-25-18-24(20-9-5-3-6-10-20,21-11-7-4-8-12-21)17-19-15-22-13-14-23(16-19)26(22)2/h3-12,19,22-23,25H,13-18H2,1-2H3. The van der Waals surface area contributed by atoms with Gasteiger partial charge in [0.15, 0.2) is 0 Å². The molecule has 2 unspecified atom stereocenters. The summed E-state index contributed by atoms with van der Waals surface area (Å²) < 4.78 is 0. The molecule has 2 saturated heterocycles. The Bertz CT molecular complexity index is 643. The first-order valence-corrected chi connectivity index (χ1v) is 10.2. The maximum absolute atomic E-state index is 3.53. The Labute approximate surface area is 158 Å². The highest BCUT2D eigenvalue weighted by atomic mass is 15.2. The van der Waals surface area contributed by atoms with Crippen molar-refractivity contribution < 1.29 is 0 Å². The van der Waals surface area contributed by atoms with Crippen molar-refractivity contribution in [1.82, 2.24) is 10.2 Å². The van der Waals surface area contributed by atoms with E-state index in [4.69, 9.17) is 0 Å². The Morgan fingerprint density at radius 1 is 0.885 bits per heavy atom. The molecule has 0 radical (unpaired) electrons. The third-order valence-corrected chi connectivity index (χ3v) is 6.96. The molecule has 2 aromatic rings. The van der Waals surface area contributed by atoms with Gasteiger partial charge in [-0.3, -0.25) is 0 Å². The van der Waals surface area contributed by atoms with Gasteiger partial charge in [0, 0.05) is 24.0 Å². The van der Waals surface area contributed by atoms with Crippen molar-refractivity contribution in [3.63, 3.8) is 0 Å².